The Morgan fingerprint density at radius 3 is 2.60 bits per heavy atom. The number of hydrogen-bond donors (Lipinski definition) is 2. The molecule has 0 spiro atoms. The van der Waals surface area contributed by atoms with Crippen molar-refractivity contribution in [2.75, 3.05) is 43.8 Å². The van der Waals surface area contributed by atoms with E-state index in [0.29, 0.717) is 35.4 Å². The van der Waals surface area contributed by atoms with Gasteiger partial charge in [-0.3, -0.25) is 4.72 Å². The second-order valence-corrected chi connectivity index (χ2v) is 9.89. The molecule has 11 heteroatoms. The Morgan fingerprint density at radius 2 is 1.94 bits per heavy atom. The van der Waals surface area contributed by atoms with Crippen LogP contribution in [0.15, 0.2) is 30.6 Å². The maximum atomic E-state index is 15.4. The van der Waals surface area contributed by atoms with Crippen LogP contribution in [0.1, 0.15) is 44.4 Å². The molecule has 0 fully saturated rings. The van der Waals surface area contributed by atoms with Gasteiger partial charge >= 0.3 is 0 Å². The number of fused-ring (bicyclic) bond motifs is 1. The Balaban J connectivity index is 1.95. The minimum absolute atomic E-state index is 0.183. The molecule has 0 saturated heterocycles. The van der Waals surface area contributed by atoms with Crippen LogP contribution in [0.25, 0.3) is 11.0 Å². The predicted octanol–water partition coefficient (Wildman–Crippen LogP) is 4.45. The Kier molecular flexibility index (Phi) is 9.03. The standard InChI is InChI=1S/C24H32F2N4O4S/c1-5-12-35(31,32)29-20-9-8-19(25)21(22(20)26)23(33-4)18-15-28-24-17(18)13-16(14-27-24)34-11-10-30(6-2)7-3/h8-9,13-15,23,29H,5-7,10-12H2,1-4H3,(H,27,28). The molecule has 0 bridgehead atoms. The summed E-state index contributed by atoms with van der Waals surface area (Å²) < 4.78 is 68.2. The summed E-state index contributed by atoms with van der Waals surface area (Å²) in [5, 5.41) is 0.577. The number of H-pyrrole nitrogens is 1. The highest BCUT2D eigenvalue weighted by Crippen LogP contribution is 2.37. The van der Waals surface area contributed by atoms with Crippen molar-refractivity contribution < 1.29 is 26.7 Å². The monoisotopic (exact) mass is 510 g/mol. The van der Waals surface area contributed by atoms with E-state index in [-0.39, 0.29) is 11.4 Å². The maximum Gasteiger partial charge on any atom is 0.232 e. The summed E-state index contributed by atoms with van der Waals surface area (Å²) in [5.74, 6) is -1.56. The van der Waals surface area contributed by atoms with Crippen molar-refractivity contribution in [3.63, 3.8) is 0 Å². The van der Waals surface area contributed by atoms with E-state index in [0.717, 1.165) is 31.8 Å². The first-order valence-electron chi connectivity index (χ1n) is 11.6. The molecule has 0 aliphatic rings. The molecule has 8 nitrogen and oxygen atoms in total. The Hall–Kier alpha value is -2.76. The Labute approximate surface area is 204 Å². The van der Waals surface area contributed by atoms with Crippen LogP contribution in [-0.2, 0) is 14.8 Å². The minimum atomic E-state index is -3.77. The molecule has 1 aromatic carbocycles. The van der Waals surface area contributed by atoms with Crippen LogP contribution in [0.5, 0.6) is 5.75 Å². The van der Waals surface area contributed by atoms with Crippen molar-refractivity contribution in [3.8, 4) is 5.75 Å². The third-order valence-electron chi connectivity index (χ3n) is 5.75. The number of sulfonamides is 1. The number of hydrogen-bond acceptors (Lipinski definition) is 6. The smallest absolute Gasteiger partial charge is 0.232 e. The highest BCUT2D eigenvalue weighted by Gasteiger charge is 2.28. The molecule has 2 heterocycles. The van der Waals surface area contributed by atoms with E-state index in [2.05, 4.69) is 33.4 Å². The van der Waals surface area contributed by atoms with E-state index in [1.54, 1.807) is 25.4 Å². The number of rotatable bonds is 13. The molecule has 0 saturated carbocycles. The van der Waals surface area contributed by atoms with Gasteiger partial charge in [-0.05, 0) is 37.7 Å². The number of ether oxygens (including phenoxy) is 2. The average Bonchev–Trinajstić information content (AvgIpc) is 3.24. The molecule has 0 radical (unpaired) electrons. The van der Waals surface area contributed by atoms with Gasteiger partial charge in [0.2, 0.25) is 10.0 Å². The minimum Gasteiger partial charge on any atom is -0.491 e. The van der Waals surface area contributed by atoms with Crippen LogP contribution in [0.2, 0.25) is 0 Å². The number of nitrogens with one attached hydrogen (secondary N) is 2. The normalized spacial score (nSPS) is 12.9. The summed E-state index contributed by atoms with van der Waals surface area (Å²) >= 11 is 0. The molecule has 1 unspecified atom stereocenters. The number of likely N-dealkylation sites (N-methyl/N-ethyl adjacent to an activating group) is 1. The van der Waals surface area contributed by atoms with Crippen LogP contribution < -0.4 is 9.46 Å². The van der Waals surface area contributed by atoms with Gasteiger partial charge in [0.1, 0.15) is 29.9 Å². The van der Waals surface area contributed by atoms with Gasteiger partial charge in [-0.1, -0.05) is 20.8 Å². The van der Waals surface area contributed by atoms with Gasteiger partial charge in [-0.15, -0.1) is 0 Å². The van der Waals surface area contributed by atoms with Crippen LogP contribution >= 0.6 is 0 Å². The second kappa shape index (κ2) is 11.8. The van der Waals surface area contributed by atoms with Gasteiger partial charge in [0.25, 0.3) is 0 Å². The van der Waals surface area contributed by atoms with E-state index in [9.17, 15) is 12.8 Å². The number of anilines is 1. The number of halogens is 2. The highest BCUT2D eigenvalue weighted by atomic mass is 32.2. The molecule has 0 aliphatic carbocycles. The van der Waals surface area contributed by atoms with Gasteiger partial charge in [0, 0.05) is 30.8 Å². The predicted molar refractivity (Wildman–Crippen MR) is 132 cm³/mol. The highest BCUT2D eigenvalue weighted by molar-refractivity contribution is 7.92. The zero-order valence-corrected chi connectivity index (χ0v) is 21.2. The lowest BCUT2D eigenvalue weighted by atomic mass is 9.99. The van der Waals surface area contributed by atoms with Crippen LogP contribution in [0.4, 0.5) is 14.5 Å². The van der Waals surface area contributed by atoms with E-state index in [1.165, 1.54) is 7.11 Å². The fourth-order valence-corrected chi connectivity index (χ4v) is 5.04. The Morgan fingerprint density at radius 1 is 1.20 bits per heavy atom. The van der Waals surface area contributed by atoms with Gasteiger partial charge in [-0.25, -0.2) is 22.2 Å². The average molecular weight is 511 g/mol. The first-order valence-corrected chi connectivity index (χ1v) is 13.2. The van der Waals surface area contributed by atoms with Crippen molar-refractivity contribution in [1.82, 2.24) is 14.9 Å². The molecule has 35 heavy (non-hydrogen) atoms. The van der Waals surface area contributed by atoms with Gasteiger partial charge in [0.15, 0.2) is 5.82 Å². The first-order chi connectivity index (χ1) is 16.7. The first kappa shape index (κ1) is 26.8. The van der Waals surface area contributed by atoms with Crippen LogP contribution in [-0.4, -0.2) is 62.4 Å². The topological polar surface area (TPSA) is 96.5 Å². The van der Waals surface area contributed by atoms with Crippen molar-refractivity contribution in [3.05, 3.63) is 53.4 Å². The number of pyridine rings is 1. The maximum absolute atomic E-state index is 15.4. The molecular formula is C24H32F2N4O4S. The second-order valence-electron chi connectivity index (χ2n) is 8.05. The molecule has 3 aromatic rings. The number of benzene rings is 1. The SMILES string of the molecule is CCCS(=O)(=O)Nc1ccc(F)c(C(OC)c2c[nH]c3ncc(OCCN(CC)CC)cc23)c1F. The van der Waals surface area contributed by atoms with Gasteiger partial charge in [-0.2, -0.15) is 0 Å². The third-order valence-corrected chi connectivity index (χ3v) is 7.23. The lowest BCUT2D eigenvalue weighted by Gasteiger charge is -2.19. The summed E-state index contributed by atoms with van der Waals surface area (Å²) in [6, 6.07) is 3.82. The molecule has 0 amide bonds. The molecule has 3 rings (SSSR count). The fourth-order valence-electron chi connectivity index (χ4n) is 3.91. The molecule has 1 atom stereocenters. The number of nitrogens with zero attached hydrogens (tertiary/aromatic N) is 2. The fraction of sp³-hybridized carbons (Fsp3) is 0.458. The van der Waals surface area contributed by atoms with Crippen molar-refractivity contribution in [2.24, 2.45) is 0 Å². The van der Waals surface area contributed by atoms with E-state index in [4.69, 9.17) is 9.47 Å². The Bertz CT molecular complexity index is 1250. The quantitative estimate of drug-likeness (QED) is 0.353. The molecule has 0 aliphatic heterocycles. The summed E-state index contributed by atoms with van der Waals surface area (Å²) in [6.45, 7) is 8.90. The number of methoxy groups -OCH3 is 1. The summed E-state index contributed by atoms with van der Waals surface area (Å²) in [5.41, 5.74) is 0.197. The van der Waals surface area contributed by atoms with Gasteiger partial charge in [0.05, 0.1) is 23.2 Å². The van der Waals surface area contributed by atoms with Crippen LogP contribution in [0.3, 0.4) is 0 Å². The summed E-state index contributed by atoms with van der Waals surface area (Å²) in [4.78, 5) is 9.57. The van der Waals surface area contributed by atoms with Crippen molar-refractivity contribution in [1.29, 1.82) is 0 Å². The third kappa shape index (κ3) is 6.28. The molecule has 2 N–H and O–H groups in total. The lowest BCUT2D eigenvalue weighted by Crippen LogP contribution is -2.27. The molecule has 192 valence electrons. The lowest BCUT2D eigenvalue weighted by molar-refractivity contribution is 0.130. The zero-order chi connectivity index (χ0) is 25.6. The number of aromatic amines is 1. The van der Waals surface area contributed by atoms with E-state index < -0.39 is 33.3 Å². The summed E-state index contributed by atoms with van der Waals surface area (Å²) in [7, 11) is -2.44. The van der Waals surface area contributed by atoms with Crippen molar-refractivity contribution >= 4 is 26.7 Å². The van der Waals surface area contributed by atoms with Crippen molar-refractivity contribution in [2.45, 2.75) is 33.3 Å². The van der Waals surface area contributed by atoms with E-state index in [1.807, 2.05) is 0 Å². The molecular weight excluding hydrogens is 478 g/mol. The van der Waals surface area contributed by atoms with Gasteiger partial charge < -0.3 is 19.4 Å². The number of aromatic nitrogens is 2. The zero-order valence-electron chi connectivity index (χ0n) is 20.4. The summed E-state index contributed by atoms with van der Waals surface area (Å²) in [6.07, 6.45) is 2.34. The van der Waals surface area contributed by atoms with E-state index >= 15 is 4.39 Å². The largest absolute Gasteiger partial charge is 0.491 e. The molecule has 2 aromatic heterocycles. The van der Waals surface area contributed by atoms with Crippen LogP contribution in [0, 0.1) is 11.6 Å².